The summed E-state index contributed by atoms with van der Waals surface area (Å²) in [7, 11) is 0. The van der Waals surface area contributed by atoms with Gasteiger partial charge >= 0.3 is 0 Å². The number of rotatable bonds is 6. The third kappa shape index (κ3) is 3.76. The molecule has 0 bridgehead atoms. The minimum absolute atomic E-state index is 0.365. The van der Waals surface area contributed by atoms with Gasteiger partial charge in [0.15, 0.2) is 0 Å². The predicted molar refractivity (Wildman–Crippen MR) is 75.1 cm³/mol. The van der Waals surface area contributed by atoms with E-state index in [1.54, 1.807) is 6.33 Å². The Labute approximate surface area is 115 Å². The molecule has 2 atom stereocenters. The lowest BCUT2D eigenvalue weighted by Crippen LogP contribution is -2.44. The van der Waals surface area contributed by atoms with Gasteiger partial charge in [0, 0.05) is 31.0 Å². The molecular weight excluding hydrogens is 240 g/mol. The fourth-order valence-corrected chi connectivity index (χ4v) is 2.68. The van der Waals surface area contributed by atoms with Crippen LogP contribution in [0, 0.1) is 5.92 Å². The maximum atomic E-state index is 5.64. The van der Waals surface area contributed by atoms with E-state index in [4.69, 9.17) is 4.74 Å². The van der Waals surface area contributed by atoms with Gasteiger partial charge in [-0.3, -0.25) is 0 Å². The van der Waals surface area contributed by atoms with Crippen molar-refractivity contribution in [1.29, 1.82) is 0 Å². The number of aromatic nitrogens is 3. The number of hydrogen-bond donors (Lipinski definition) is 1. The first kappa shape index (κ1) is 14.5. The van der Waals surface area contributed by atoms with Crippen LogP contribution in [0.4, 0.5) is 0 Å². The van der Waals surface area contributed by atoms with Gasteiger partial charge in [0.1, 0.15) is 12.2 Å². The summed E-state index contributed by atoms with van der Waals surface area (Å²) in [5.41, 5.74) is 0. The Morgan fingerprint density at radius 1 is 1.53 bits per heavy atom. The smallest absolute Gasteiger partial charge is 0.138 e. The molecule has 0 spiro atoms. The SMILES string of the molecule is CCCNC1CCOCC1Cc1ncnn1C(C)C. The van der Waals surface area contributed by atoms with Crippen molar-refractivity contribution in [3.63, 3.8) is 0 Å². The first-order chi connectivity index (χ1) is 9.22. The maximum absolute atomic E-state index is 5.64. The minimum Gasteiger partial charge on any atom is -0.381 e. The van der Waals surface area contributed by atoms with Crippen molar-refractivity contribution in [2.45, 2.75) is 52.1 Å². The largest absolute Gasteiger partial charge is 0.381 e. The molecule has 1 saturated heterocycles. The van der Waals surface area contributed by atoms with Gasteiger partial charge in [-0.1, -0.05) is 6.92 Å². The fourth-order valence-electron chi connectivity index (χ4n) is 2.68. The molecule has 0 aromatic carbocycles. The second kappa shape index (κ2) is 7.01. The second-order valence-electron chi connectivity index (χ2n) is 5.60. The lowest BCUT2D eigenvalue weighted by molar-refractivity contribution is 0.0310. The summed E-state index contributed by atoms with van der Waals surface area (Å²) in [5.74, 6) is 1.58. The average Bonchev–Trinajstić information content (AvgIpc) is 2.86. The Balaban J connectivity index is 2.00. The summed E-state index contributed by atoms with van der Waals surface area (Å²) in [6.07, 6.45) is 4.87. The summed E-state index contributed by atoms with van der Waals surface area (Å²) in [5, 5.41) is 7.96. The van der Waals surface area contributed by atoms with Crippen LogP contribution in [0.5, 0.6) is 0 Å². The van der Waals surface area contributed by atoms with Gasteiger partial charge in [0.25, 0.3) is 0 Å². The van der Waals surface area contributed by atoms with Gasteiger partial charge in [-0.05, 0) is 33.2 Å². The van der Waals surface area contributed by atoms with E-state index >= 15 is 0 Å². The van der Waals surface area contributed by atoms with Crippen LogP contribution < -0.4 is 5.32 Å². The normalized spacial score (nSPS) is 24.0. The molecule has 0 saturated carbocycles. The van der Waals surface area contributed by atoms with Crippen LogP contribution >= 0.6 is 0 Å². The van der Waals surface area contributed by atoms with E-state index in [2.05, 4.69) is 36.2 Å². The Bertz CT molecular complexity index is 377. The number of hydrogen-bond acceptors (Lipinski definition) is 4. The van der Waals surface area contributed by atoms with E-state index in [1.165, 1.54) is 6.42 Å². The highest BCUT2D eigenvalue weighted by molar-refractivity contribution is 4.93. The number of nitrogens with zero attached hydrogens (tertiary/aromatic N) is 3. The number of nitrogens with one attached hydrogen (secondary N) is 1. The molecule has 1 aromatic heterocycles. The average molecular weight is 266 g/mol. The lowest BCUT2D eigenvalue weighted by atomic mass is 9.92. The number of ether oxygens (including phenoxy) is 1. The summed E-state index contributed by atoms with van der Waals surface area (Å²) < 4.78 is 7.66. The minimum atomic E-state index is 0.365. The van der Waals surface area contributed by atoms with Crippen LogP contribution in [0.3, 0.4) is 0 Å². The molecule has 1 aliphatic rings. The lowest BCUT2D eigenvalue weighted by Gasteiger charge is -2.32. The Kier molecular flexibility index (Phi) is 5.34. The van der Waals surface area contributed by atoms with Crippen molar-refractivity contribution >= 4 is 0 Å². The van der Waals surface area contributed by atoms with E-state index in [0.717, 1.165) is 38.4 Å². The summed E-state index contributed by atoms with van der Waals surface area (Å²) in [6.45, 7) is 9.26. The van der Waals surface area contributed by atoms with Crippen molar-refractivity contribution in [3.05, 3.63) is 12.2 Å². The van der Waals surface area contributed by atoms with Gasteiger partial charge < -0.3 is 10.1 Å². The van der Waals surface area contributed by atoms with Crippen LogP contribution in [0.15, 0.2) is 6.33 Å². The molecule has 1 aliphatic heterocycles. The first-order valence-corrected chi connectivity index (χ1v) is 7.41. The molecule has 5 nitrogen and oxygen atoms in total. The highest BCUT2D eigenvalue weighted by Crippen LogP contribution is 2.20. The molecule has 0 radical (unpaired) electrons. The van der Waals surface area contributed by atoms with Crippen LogP contribution in [0.1, 0.15) is 45.5 Å². The van der Waals surface area contributed by atoms with Crippen LogP contribution in [0.25, 0.3) is 0 Å². The zero-order valence-electron chi connectivity index (χ0n) is 12.3. The Morgan fingerprint density at radius 3 is 3.11 bits per heavy atom. The van der Waals surface area contributed by atoms with Gasteiger partial charge in [0.2, 0.25) is 0 Å². The third-order valence-electron chi connectivity index (χ3n) is 3.71. The molecule has 5 heteroatoms. The van der Waals surface area contributed by atoms with Crippen molar-refractivity contribution in [2.24, 2.45) is 5.92 Å². The summed E-state index contributed by atoms with van der Waals surface area (Å²) >= 11 is 0. The predicted octanol–water partition coefficient (Wildman–Crippen LogP) is 1.81. The second-order valence-corrected chi connectivity index (χ2v) is 5.60. The molecule has 0 aliphatic carbocycles. The highest BCUT2D eigenvalue weighted by atomic mass is 16.5. The van der Waals surface area contributed by atoms with Crippen LogP contribution in [-0.2, 0) is 11.2 Å². The quantitative estimate of drug-likeness (QED) is 0.853. The molecule has 19 heavy (non-hydrogen) atoms. The summed E-state index contributed by atoms with van der Waals surface area (Å²) in [4.78, 5) is 4.41. The molecule has 1 N–H and O–H groups in total. The topological polar surface area (TPSA) is 52.0 Å². The van der Waals surface area contributed by atoms with E-state index in [0.29, 0.717) is 18.0 Å². The van der Waals surface area contributed by atoms with Crippen molar-refractivity contribution in [1.82, 2.24) is 20.1 Å². The Hall–Kier alpha value is -0.940. The van der Waals surface area contributed by atoms with Crippen molar-refractivity contribution < 1.29 is 4.74 Å². The van der Waals surface area contributed by atoms with Gasteiger partial charge in [-0.25, -0.2) is 9.67 Å². The standard InChI is InChI=1S/C14H26N4O/c1-4-6-15-13-5-7-19-9-12(13)8-14-16-10-17-18(14)11(2)3/h10-13,15H,4-9H2,1-3H3. The van der Waals surface area contributed by atoms with Crippen molar-refractivity contribution in [3.8, 4) is 0 Å². The van der Waals surface area contributed by atoms with Crippen molar-refractivity contribution in [2.75, 3.05) is 19.8 Å². The van der Waals surface area contributed by atoms with E-state index in [1.807, 2.05) is 4.68 Å². The fraction of sp³-hybridized carbons (Fsp3) is 0.857. The molecule has 2 rings (SSSR count). The maximum Gasteiger partial charge on any atom is 0.138 e. The zero-order chi connectivity index (χ0) is 13.7. The molecule has 0 amide bonds. The summed E-state index contributed by atoms with van der Waals surface area (Å²) in [6, 6.07) is 0.912. The first-order valence-electron chi connectivity index (χ1n) is 7.41. The molecule has 2 unspecified atom stereocenters. The van der Waals surface area contributed by atoms with Crippen LogP contribution in [0.2, 0.25) is 0 Å². The van der Waals surface area contributed by atoms with Gasteiger partial charge in [-0.15, -0.1) is 0 Å². The van der Waals surface area contributed by atoms with E-state index in [-0.39, 0.29) is 0 Å². The Morgan fingerprint density at radius 2 is 2.37 bits per heavy atom. The van der Waals surface area contributed by atoms with E-state index in [9.17, 15) is 0 Å². The molecule has 1 fully saturated rings. The molecule has 2 heterocycles. The zero-order valence-corrected chi connectivity index (χ0v) is 12.3. The van der Waals surface area contributed by atoms with Crippen LogP contribution in [-0.4, -0.2) is 40.6 Å². The highest BCUT2D eigenvalue weighted by Gasteiger charge is 2.27. The van der Waals surface area contributed by atoms with E-state index < -0.39 is 0 Å². The molecule has 1 aromatic rings. The van der Waals surface area contributed by atoms with Gasteiger partial charge in [0.05, 0.1) is 6.61 Å². The molecule has 108 valence electrons. The molecular formula is C14H26N4O. The van der Waals surface area contributed by atoms with Gasteiger partial charge in [-0.2, -0.15) is 5.10 Å². The third-order valence-corrected chi connectivity index (χ3v) is 3.71. The monoisotopic (exact) mass is 266 g/mol.